The predicted molar refractivity (Wildman–Crippen MR) is 50.1 cm³/mol. The van der Waals surface area contributed by atoms with Gasteiger partial charge in [-0.1, -0.05) is 0 Å². The molecule has 0 aromatic heterocycles. The van der Waals surface area contributed by atoms with E-state index in [9.17, 15) is 4.21 Å². The van der Waals surface area contributed by atoms with Crippen LogP contribution >= 0.6 is 0 Å². The minimum atomic E-state index is -0.653. The first-order chi connectivity index (χ1) is 5.16. The summed E-state index contributed by atoms with van der Waals surface area (Å²) in [6.07, 6.45) is 2.69. The van der Waals surface area contributed by atoms with Crippen LogP contribution in [0.1, 0.15) is 13.3 Å². The zero-order chi connectivity index (χ0) is 8.69. The second kappa shape index (κ2) is 6.76. The average molecular weight is 178 g/mol. The van der Waals surface area contributed by atoms with Gasteiger partial charge in [0, 0.05) is 35.4 Å². The maximum atomic E-state index is 10.6. The third-order valence-electron chi connectivity index (χ3n) is 1.45. The molecular formula is C7H18N2OS. The molecule has 0 spiro atoms. The molecule has 68 valence electrons. The molecular weight excluding hydrogens is 160 g/mol. The van der Waals surface area contributed by atoms with Crippen molar-refractivity contribution in [3.05, 3.63) is 0 Å². The lowest BCUT2D eigenvalue weighted by molar-refractivity contribution is 0.554. The molecule has 0 bridgehead atoms. The quantitative estimate of drug-likeness (QED) is 0.549. The van der Waals surface area contributed by atoms with Crippen molar-refractivity contribution in [3.8, 4) is 0 Å². The third-order valence-corrected chi connectivity index (χ3v) is 2.32. The summed E-state index contributed by atoms with van der Waals surface area (Å²) >= 11 is 0. The van der Waals surface area contributed by atoms with E-state index >= 15 is 0 Å². The van der Waals surface area contributed by atoms with Crippen molar-refractivity contribution < 1.29 is 4.21 Å². The Morgan fingerprint density at radius 2 is 2.27 bits per heavy atom. The fourth-order valence-corrected chi connectivity index (χ4v) is 1.26. The summed E-state index contributed by atoms with van der Waals surface area (Å²) in [5, 5.41) is 3.23. The van der Waals surface area contributed by atoms with Gasteiger partial charge in [0.2, 0.25) is 0 Å². The van der Waals surface area contributed by atoms with Crippen molar-refractivity contribution in [1.82, 2.24) is 5.32 Å². The summed E-state index contributed by atoms with van der Waals surface area (Å²) < 4.78 is 10.6. The normalized spacial score (nSPS) is 16.3. The van der Waals surface area contributed by atoms with Gasteiger partial charge in [0.25, 0.3) is 0 Å². The Balaban J connectivity index is 3.08. The van der Waals surface area contributed by atoms with Crippen LogP contribution in [-0.2, 0) is 10.8 Å². The molecule has 3 N–H and O–H groups in total. The molecule has 3 nitrogen and oxygen atoms in total. The molecule has 0 aromatic carbocycles. The van der Waals surface area contributed by atoms with E-state index in [1.165, 1.54) is 0 Å². The molecule has 0 aliphatic rings. The van der Waals surface area contributed by atoms with Crippen molar-refractivity contribution in [2.45, 2.75) is 19.4 Å². The Morgan fingerprint density at radius 3 is 2.73 bits per heavy atom. The highest BCUT2D eigenvalue weighted by Crippen LogP contribution is 1.83. The molecule has 0 aliphatic carbocycles. The van der Waals surface area contributed by atoms with Crippen LogP contribution in [-0.4, -0.2) is 35.3 Å². The maximum absolute atomic E-state index is 10.6. The first-order valence-electron chi connectivity index (χ1n) is 3.90. The van der Waals surface area contributed by atoms with E-state index in [0.717, 1.165) is 18.7 Å². The lowest BCUT2D eigenvalue weighted by Gasteiger charge is -2.09. The molecule has 0 saturated carbocycles. The molecule has 0 amide bonds. The van der Waals surface area contributed by atoms with Crippen LogP contribution in [0.15, 0.2) is 0 Å². The Bertz CT molecular complexity index is 119. The molecule has 0 saturated heterocycles. The first-order valence-corrected chi connectivity index (χ1v) is 5.63. The summed E-state index contributed by atoms with van der Waals surface area (Å²) in [6, 6.07) is 0.375. The van der Waals surface area contributed by atoms with Gasteiger partial charge in [0.05, 0.1) is 0 Å². The molecule has 0 aliphatic heterocycles. The van der Waals surface area contributed by atoms with Crippen molar-refractivity contribution in [3.63, 3.8) is 0 Å². The van der Waals surface area contributed by atoms with Crippen LogP contribution in [0, 0.1) is 0 Å². The summed E-state index contributed by atoms with van der Waals surface area (Å²) in [7, 11) is -0.653. The summed E-state index contributed by atoms with van der Waals surface area (Å²) in [5.41, 5.74) is 5.39. The van der Waals surface area contributed by atoms with Crippen molar-refractivity contribution in [2.75, 3.05) is 25.1 Å². The van der Waals surface area contributed by atoms with Gasteiger partial charge in [-0.05, 0) is 19.9 Å². The van der Waals surface area contributed by atoms with Gasteiger partial charge >= 0.3 is 0 Å². The highest BCUT2D eigenvalue weighted by Gasteiger charge is 1.96. The third kappa shape index (κ3) is 7.97. The molecule has 2 unspecified atom stereocenters. The zero-order valence-corrected chi connectivity index (χ0v) is 8.12. The van der Waals surface area contributed by atoms with Crippen molar-refractivity contribution in [2.24, 2.45) is 5.73 Å². The average Bonchev–Trinajstić information content (AvgIpc) is 1.97. The second-order valence-electron chi connectivity index (χ2n) is 2.72. The highest BCUT2D eigenvalue weighted by molar-refractivity contribution is 7.84. The van der Waals surface area contributed by atoms with Gasteiger partial charge in [-0.15, -0.1) is 0 Å². The van der Waals surface area contributed by atoms with Crippen LogP contribution in [0.3, 0.4) is 0 Å². The monoisotopic (exact) mass is 178 g/mol. The van der Waals surface area contributed by atoms with E-state index in [4.69, 9.17) is 5.73 Å². The Morgan fingerprint density at radius 1 is 1.64 bits per heavy atom. The molecule has 4 heteroatoms. The Labute approximate surface area is 71.2 Å². The molecule has 11 heavy (non-hydrogen) atoms. The molecule has 0 radical (unpaired) electrons. The van der Waals surface area contributed by atoms with Crippen LogP contribution in [0.5, 0.6) is 0 Å². The van der Waals surface area contributed by atoms with E-state index in [1.807, 2.05) is 6.92 Å². The number of rotatable bonds is 6. The Hall–Kier alpha value is 0.0700. The van der Waals surface area contributed by atoms with Crippen LogP contribution < -0.4 is 11.1 Å². The smallest absolute Gasteiger partial charge is 0.0244 e. The molecule has 0 fully saturated rings. The van der Waals surface area contributed by atoms with E-state index in [0.29, 0.717) is 12.6 Å². The number of hydrogen-bond donors (Lipinski definition) is 2. The lowest BCUT2D eigenvalue weighted by Crippen LogP contribution is -2.34. The van der Waals surface area contributed by atoms with E-state index in [1.54, 1.807) is 6.26 Å². The lowest BCUT2D eigenvalue weighted by atomic mass is 10.3. The highest BCUT2D eigenvalue weighted by atomic mass is 32.2. The number of nitrogens with two attached hydrogens (primary N) is 1. The van der Waals surface area contributed by atoms with Gasteiger partial charge in [0.15, 0.2) is 0 Å². The maximum Gasteiger partial charge on any atom is 0.0244 e. The molecule has 2 atom stereocenters. The fourth-order valence-electron chi connectivity index (χ4n) is 0.707. The topological polar surface area (TPSA) is 55.1 Å². The molecule has 0 rings (SSSR count). The SMILES string of the molecule is CC(CN)NCCCS(C)=O. The zero-order valence-electron chi connectivity index (χ0n) is 7.30. The molecule has 0 aromatic rings. The van der Waals surface area contributed by atoms with Gasteiger partial charge in [-0.25, -0.2) is 0 Å². The number of hydrogen-bond acceptors (Lipinski definition) is 3. The van der Waals surface area contributed by atoms with Gasteiger partial charge in [0.1, 0.15) is 0 Å². The minimum Gasteiger partial charge on any atom is -0.329 e. The van der Waals surface area contributed by atoms with Gasteiger partial charge in [-0.3, -0.25) is 4.21 Å². The van der Waals surface area contributed by atoms with Gasteiger partial charge in [-0.2, -0.15) is 0 Å². The summed E-state index contributed by atoms with van der Waals surface area (Å²) in [4.78, 5) is 0. The number of nitrogens with one attached hydrogen (secondary N) is 1. The standard InChI is InChI=1S/C7H18N2OS/c1-7(6-8)9-4-3-5-11(2)10/h7,9H,3-6,8H2,1-2H3. The predicted octanol–water partition coefficient (Wildman–Crippen LogP) is -0.308. The second-order valence-corrected chi connectivity index (χ2v) is 4.28. The Kier molecular flexibility index (Phi) is 6.80. The van der Waals surface area contributed by atoms with Gasteiger partial charge < -0.3 is 11.1 Å². The van der Waals surface area contributed by atoms with Crippen LogP contribution in [0.4, 0.5) is 0 Å². The van der Waals surface area contributed by atoms with Crippen LogP contribution in [0.25, 0.3) is 0 Å². The fraction of sp³-hybridized carbons (Fsp3) is 1.00. The van der Waals surface area contributed by atoms with Crippen molar-refractivity contribution >= 4 is 10.8 Å². The van der Waals surface area contributed by atoms with E-state index < -0.39 is 10.8 Å². The van der Waals surface area contributed by atoms with E-state index in [-0.39, 0.29) is 0 Å². The summed E-state index contributed by atoms with van der Waals surface area (Å²) in [5.74, 6) is 0.782. The van der Waals surface area contributed by atoms with Crippen LogP contribution in [0.2, 0.25) is 0 Å². The largest absolute Gasteiger partial charge is 0.329 e. The first kappa shape index (κ1) is 11.1. The summed E-state index contributed by atoms with van der Waals surface area (Å²) in [6.45, 7) is 3.62. The van der Waals surface area contributed by atoms with Crippen molar-refractivity contribution in [1.29, 1.82) is 0 Å². The molecule has 0 heterocycles. The van der Waals surface area contributed by atoms with E-state index in [2.05, 4.69) is 5.32 Å². The minimum absolute atomic E-state index is 0.375.